The van der Waals surface area contributed by atoms with Gasteiger partial charge in [0.25, 0.3) is 0 Å². The zero-order valence-corrected chi connectivity index (χ0v) is 16.8. The van der Waals surface area contributed by atoms with Crippen LogP contribution in [-0.4, -0.2) is 19.7 Å². The molecule has 4 aromatic rings. The zero-order chi connectivity index (χ0) is 21.3. The normalized spacial score (nSPS) is 11.6. The fourth-order valence-electron chi connectivity index (χ4n) is 3.15. The minimum Gasteiger partial charge on any atom is -0.440 e. The molecule has 0 aliphatic heterocycles. The molecule has 4 nitrogen and oxygen atoms in total. The van der Waals surface area contributed by atoms with Crippen LogP contribution in [0.1, 0.15) is 11.5 Å². The van der Waals surface area contributed by atoms with Gasteiger partial charge in [-0.2, -0.15) is 0 Å². The number of halogens is 2. The van der Waals surface area contributed by atoms with Gasteiger partial charge in [-0.3, -0.25) is 0 Å². The van der Waals surface area contributed by atoms with Crippen LogP contribution < -0.4 is 0 Å². The molecular formula is C23H17F2NO3S. The number of hydrogen-bond donors (Lipinski definition) is 0. The quantitative estimate of drug-likeness (QED) is 0.436. The molecule has 0 bridgehead atoms. The van der Waals surface area contributed by atoms with Crippen molar-refractivity contribution in [3.63, 3.8) is 0 Å². The third kappa shape index (κ3) is 4.31. The molecule has 0 N–H and O–H groups in total. The molecule has 152 valence electrons. The van der Waals surface area contributed by atoms with E-state index in [-0.39, 0.29) is 16.2 Å². The number of hydrogen-bond acceptors (Lipinski definition) is 4. The fraction of sp³-hybridized carbons (Fsp3) is 0.0870. The number of aromatic nitrogens is 1. The molecular weight excluding hydrogens is 408 g/mol. The highest BCUT2D eigenvalue weighted by Gasteiger charge is 2.19. The maximum absolute atomic E-state index is 13.8. The van der Waals surface area contributed by atoms with Crippen LogP contribution in [0.5, 0.6) is 0 Å². The smallest absolute Gasteiger partial charge is 0.199 e. The van der Waals surface area contributed by atoms with E-state index < -0.39 is 21.5 Å². The van der Waals surface area contributed by atoms with E-state index in [9.17, 15) is 17.2 Å². The van der Waals surface area contributed by atoms with Crippen molar-refractivity contribution in [2.45, 2.75) is 11.3 Å². The lowest BCUT2D eigenvalue weighted by Crippen LogP contribution is -1.96. The average Bonchev–Trinajstić information content (AvgIpc) is 3.11. The summed E-state index contributed by atoms with van der Waals surface area (Å²) in [5.74, 6) is -0.872. The molecule has 0 fully saturated rings. The minimum absolute atomic E-state index is 0.164. The van der Waals surface area contributed by atoms with Gasteiger partial charge in [0, 0.05) is 29.9 Å². The van der Waals surface area contributed by atoms with Crippen molar-refractivity contribution in [2.24, 2.45) is 0 Å². The molecule has 0 amide bonds. The molecule has 4 rings (SSSR count). The summed E-state index contributed by atoms with van der Waals surface area (Å²) in [5, 5.41) is 0. The largest absolute Gasteiger partial charge is 0.440 e. The number of nitrogens with zero attached hydrogens (tertiary/aromatic N) is 1. The van der Waals surface area contributed by atoms with Crippen LogP contribution in [-0.2, 0) is 16.3 Å². The Morgan fingerprint density at radius 1 is 0.867 bits per heavy atom. The van der Waals surface area contributed by atoms with Gasteiger partial charge in [-0.05, 0) is 29.8 Å². The Morgan fingerprint density at radius 3 is 2.10 bits per heavy atom. The van der Waals surface area contributed by atoms with Crippen molar-refractivity contribution in [1.82, 2.24) is 4.98 Å². The van der Waals surface area contributed by atoms with E-state index >= 15 is 0 Å². The lowest BCUT2D eigenvalue weighted by Gasteiger charge is -2.04. The third-order valence-corrected chi connectivity index (χ3v) is 5.68. The van der Waals surface area contributed by atoms with E-state index in [1.165, 1.54) is 24.3 Å². The highest BCUT2D eigenvalue weighted by molar-refractivity contribution is 7.90. The second-order valence-corrected chi connectivity index (χ2v) is 8.92. The van der Waals surface area contributed by atoms with Gasteiger partial charge in [0.15, 0.2) is 21.5 Å². The minimum atomic E-state index is -3.35. The van der Waals surface area contributed by atoms with Gasteiger partial charge in [0.1, 0.15) is 17.3 Å². The number of benzene rings is 3. The van der Waals surface area contributed by atoms with Gasteiger partial charge in [-0.15, -0.1) is 0 Å². The Balaban J connectivity index is 1.83. The van der Waals surface area contributed by atoms with Crippen molar-refractivity contribution in [3.05, 3.63) is 95.9 Å². The van der Waals surface area contributed by atoms with Crippen LogP contribution in [0.15, 0.2) is 82.1 Å². The lowest BCUT2D eigenvalue weighted by atomic mass is 10.1. The van der Waals surface area contributed by atoms with Crippen LogP contribution in [0, 0.1) is 11.6 Å². The molecule has 0 saturated heterocycles. The lowest BCUT2D eigenvalue weighted by molar-refractivity contribution is 0.517. The molecule has 0 spiro atoms. The standard InChI is InChI=1S/C23H17F2NO3S/c1-30(27,28)20-9-7-16(8-10-20)22-23(17-12-18(24)14-19(25)13-17)29-21(26-22)11-15-5-3-2-4-6-15/h2-10,12-14H,11H2,1H3. The van der Waals surface area contributed by atoms with Gasteiger partial charge in [-0.25, -0.2) is 22.2 Å². The molecule has 0 unspecified atom stereocenters. The first kappa shape index (κ1) is 20.0. The third-order valence-electron chi connectivity index (χ3n) is 4.55. The van der Waals surface area contributed by atoms with Crippen molar-refractivity contribution in [3.8, 4) is 22.6 Å². The van der Waals surface area contributed by atoms with Gasteiger partial charge in [0.2, 0.25) is 0 Å². The maximum Gasteiger partial charge on any atom is 0.199 e. The van der Waals surface area contributed by atoms with Crippen LogP contribution in [0.2, 0.25) is 0 Å². The Morgan fingerprint density at radius 2 is 1.50 bits per heavy atom. The van der Waals surface area contributed by atoms with E-state index in [1.807, 2.05) is 30.3 Å². The molecule has 0 atom stereocenters. The van der Waals surface area contributed by atoms with E-state index in [4.69, 9.17) is 4.42 Å². The van der Waals surface area contributed by atoms with Gasteiger partial charge < -0.3 is 4.42 Å². The van der Waals surface area contributed by atoms with Crippen molar-refractivity contribution in [1.29, 1.82) is 0 Å². The topological polar surface area (TPSA) is 60.2 Å². The van der Waals surface area contributed by atoms with Crippen LogP contribution in [0.4, 0.5) is 8.78 Å². The van der Waals surface area contributed by atoms with Crippen LogP contribution in [0.25, 0.3) is 22.6 Å². The van der Waals surface area contributed by atoms with E-state index in [2.05, 4.69) is 4.98 Å². The van der Waals surface area contributed by atoms with Gasteiger partial charge >= 0.3 is 0 Å². The highest BCUT2D eigenvalue weighted by atomic mass is 32.2. The number of rotatable bonds is 5. The number of oxazole rings is 1. The first-order valence-electron chi connectivity index (χ1n) is 9.10. The summed E-state index contributed by atoms with van der Waals surface area (Å²) >= 11 is 0. The highest BCUT2D eigenvalue weighted by Crippen LogP contribution is 2.34. The summed E-state index contributed by atoms with van der Waals surface area (Å²) in [4.78, 5) is 4.71. The molecule has 1 heterocycles. The summed E-state index contributed by atoms with van der Waals surface area (Å²) < 4.78 is 57.0. The van der Waals surface area contributed by atoms with E-state index in [0.29, 0.717) is 23.6 Å². The molecule has 1 aromatic heterocycles. The van der Waals surface area contributed by atoms with Crippen molar-refractivity contribution >= 4 is 9.84 Å². The Labute approximate surface area is 172 Å². The predicted octanol–water partition coefficient (Wildman–Crippen LogP) is 5.28. The molecule has 0 aliphatic rings. The Hall–Kier alpha value is -3.32. The Bertz CT molecular complexity index is 1280. The predicted molar refractivity (Wildman–Crippen MR) is 110 cm³/mol. The maximum atomic E-state index is 13.8. The SMILES string of the molecule is CS(=O)(=O)c1ccc(-c2nc(Cc3ccccc3)oc2-c2cc(F)cc(F)c2)cc1. The first-order valence-corrected chi connectivity index (χ1v) is 11.0. The van der Waals surface area contributed by atoms with E-state index in [0.717, 1.165) is 17.9 Å². The van der Waals surface area contributed by atoms with Crippen molar-refractivity contribution in [2.75, 3.05) is 6.26 Å². The second kappa shape index (κ2) is 7.84. The molecule has 0 saturated carbocycles. The molecule has 3 aromatic carbocycles. The Kier molecular flexibility index (Phi) is 5.22. The van der Waals surface area contributed by atoms with E-state index in [1.54, 1.807) is 12.1 Å². The summed E-state index contributed by atoms with van der Waals surface area (Å²) in [6, 6.07) is 18.8. The number of sulfone groups is 1. The van der Waals surface area contributed by atoms with Crippen LogP contribution in [0.3, 0.4) is 0 Å². The zero-order valence-electron chi connectivity index (χ0n) is 16.0. The second-order valence-electron chi connectivity index (χ2n) is 6.90. The molecule has 0 radical (unpaired) electrons. The van der Waals surface area contributed by atoms with Crippen molar-refractivity contribution < 1.29 is 21.6 Å². The van der Waals surface area contributed by atoms with Gasteiger partial charge in [0.05, 0.1) is 4.90 Å². The molecule has 30 heavy (non-hydrogen) atoms. The summed E-state index contributed by atoms with van der Waals surface area (Å²) in [6.07, 6.45) is 1.52. The molecule has 0 aliphatic carbocycles. The average molecular weight is 425 g/mol. The van der Waals surface area contributed by atoms with Crippen LogP contribution >= 0.6 is 0 Å². The summed E-state index contributed by atoms with van der Waals surface area (Å²) in [5.41, 5.74) is 2.13. The summed E-state index contributed by atoms with van der Waals surface area (Å²) in [6.45, 7) is 0. The first-order chi connectivity index (χ1) is 14.3. The van der Waals surface area contributed by atoms with Gasteiger partial charge in [-0.1, -0.05) is 42.5 Å². The molecule has 7 heteroatoms. The monoisotopic (exact) mass is 425 g/mol. The fourth-order valence-corrected chi connectivity index (χ4v) is 3.78. The summed E-state index contributed by atoms with van der Waals surface area (Å²) in [7, 11) is -3.35.